The van der Waals surface area contributed by atoms with E-state index in [0.717, 1.165) is 5.82 Å². The number of hydrogen-bond donors (Lipinski definition) is 1. The maximum atomic E-state index is 12.3. The minimum absolute atomic E-state index is 0.0297. The number of anilines is 1. The number of nitrogens with two attached hydrogens (primary N) is 1. The Morgan fingerprint density at radius 2 is 2.07 bits per heavy atom. The molecule has 1 aromatic heterocycles. The molecule has 0 unspecified atom stereocenters. The van der Waals surface area contributed by atoms with Gasteiger partial charge in [0, 0.05) is 38.6 Å². The van der Waals surface area contributed by atoms with Crippen molar-refractivity contribution in [3.63, 3.8) is 0 Å². The Bertz CT molecular complexity index is 795. The summed E-state index contributed by atoms with van der Waals surface area (Å²) in [6.07, 6.45) is 2.82. The van der Waals surface area contributed by atoms with E-state index >= 15 is 0 Å². The van der Waals surface area contributed by atoms with Crippen molar-refractivity contribution in [3.05, 3.63) is 23.9 Å². The maximum absolute atomic E-state index is 12.3. The number of ether oxygens (including phenoxy) is 1. The zero-order valence-corrected chi connectivity index (χ0v) is 17.6. The molecule has 0 saturated carbocycles. The topological polar surface area (TPSA) is 134 Å². The average Bonchev–Trinajstić information content (AvgIpc) is 2.70. The van der Waals surface area contributed by atoms with Crippen molar-refractivity contribution in [2.75, 3.05) is 37.7 Å². The lowest BCUT2D eigenvalue weighted by molar-refractivity contribution is -0.136. The minimum atomic E-state index is -0.818. The highest BCUT2D eigenvalue weighted by Crippen LogP contribution is 2.19. The SMILES string of the molecule is C[C@H](/C=N/OCC(=O)N1CCN(c2ccc(C#N)cn2)CC1)CC(C)(C)OC(N)=O. The highest BCUT2D eigenvalue weighted by Gasteiger charge is 2.24. The first-order valence-corrected chi connectivity index (χ1v) is 9.73. The van der Waals surface area contributed by atoms with Gasteiger partial charge in [0.2, 0.25) is 0 Å². The van der Waals surface area contributed by atoms with Crippen molar-refractivity contribution >= 4 is 24.0 Å². The van der Waals surface area contributed by atoms with Gasteiger partial charge in [-0.1, -0.05) is 12.1 Å². The molecule has 0 bridgehead atoms. The molecule has 30 heavy (non-hydrogen) atoms. The van der Waals surface area contributed by atoms with Crippen LogP contribution < -0.4 is 10.6 Å². The Hall–Kier alpha value is -3.35. The van der Waals surface area contributed by atoms with Crippen LogP contribution in [0.25, 0.3) is 0 Å². The fraction of sp³-hybridized carbons (Fsp3) is 0.550. The standard InChI is InChI=1S/C20H28N6O4/c1-15(10-20(2,3)30-19(22)28)12-24-29-14-18(27)26-8-6-25(7-9-26)17-5-4-16(11-21)13-23-17/h4-5,12-13,15H,6-10,14H2,1-3H3,(H2,22,28)/b24-12+/t15-/m0/s1. The van der Waals surface area contributed by atoms with Crippen molar-refractivity contribution in [2.24, 2.45) is 16.8 Å². The normalized spacial score (nSPS) is 15.5. The average molecular weight is 416 g/mol. The van der Waals surface area contributed by atoms with Gasteiger partial charge in [0.15, 0.2) is 6.61 Å². The van der Waals surface area contributed by atoms with E-state index in [1.807, 2.05) is 19.1 Å². The number of carbonyl (C=O) groups is 2. The van der Waals surface area contributed by atoms with Gasteiger partial charge in [0.25, 0.3) is 5.91 Å². The zero-order chi connectivity index (χ0) is 22.1. The summed E-state index contributed by atoms with van der Waals surface area (Å²) in [6.45, 7) is 7.71. The van der Waals surface area contributed by atoms with Gasteiger partial charge in [-0.05, 0) is 38.3 Å². The number of amides is 2. The van der Waals surface area contributed by atoms with Crippen LogP contribution in [0.5, 0.6) is 0 Å². The number of hydrogen-bond acceptors (Lipinski definition) is 8. The molecule has 1 aliphatic rings. The van der Waals surface area contributed by atoms with E-state index in [4.69, 9.17) is 20.6 Å². The summed E-state index contributed by atoms with van der Waals surface area (Å²) in [6, 6.07) is 5.58. The number of oxime groups is 1. The second kappa shape index (κ2) is 10.4. The van der Waals surface area contributed by atoms with E-state index in [2.05, 4.69) is 15.0 Å². The third-order valence-corrected chi connectivity index (χ3v) is 4.60. The Morgan fingerprint density at radius 3 is 2.63 bits per heavy atom. The largest absolute Gasteiger partial charge is 0.444 e. The highest BCUT2D eigenvalue weighted by atomic mass is 16.6. The molecule has 1 saturated heterocycles. The van der Waals surface area contributed by atoms with E-state index < -0.39 is 11.7 Å². The Labute approximate surface area is 176 Å². The first kappa shape index (κ1) is 22.9. The summed E-state index contributed by atoms with van der Waals surface area (Å²) in [5, 5.41) is 12.7. The number of nitrogens with zero attached hydrogens (tertiary/aromatic N) is 5. The molecule has 1 aliphatic heterocycles. The van der Waals surface area contributed by atoms with Gasteiger partial charge < -0.3 is 25.1 Å². The molecule has 10 heteroatoms. The maximum Gasteiger partial charge on any atom is 0.405 e. The van der Waals surface area contributed by atoms with Crippen LogP contribution in [0.3, 0.4) is 0 Å². The lowest BCUT2D eigenvalue weighted by Gasteiger charge is -2.35. The van der Waals surface area contributed by atoms with Crippen LogP contribution in [-0.4, -0.2) is 66.5 Å². The van der Waals surface area contributed by atoms with Crippen LogP contribution in [0.2, 0.25) is 0 Å². The van der Waals surface area contributed by atoms with Crippen molar-refractivity contribution in [2.45, 2.75) is 32.8 Å². The fourth-order valence-corrected chi connectivity index (χ4v) is 3.30. The molecule has 0 spiro atoms. The van der Waals surface area contributed by atoms with Crippen molar-refractivity contribution in [1.82, 2.24) is 9.88 Å². The Kier molecular flexibility index (Phi) is 7.98. The molecule has 0 aliphatic carbocycles. The lowest BCUT2D eigenvalue weighted by atomic mass is 9.95. The third-order valence-electron chi connectivity index (χ3n) is 4.60. The zero-order valence-electron chi connectivity index (χ0n) is 17.6. The molecule has 2 rings (SSSR count). The third kappa shape index (κ3) is 7.24. The number of piperazine rings is 1. The van der Waals surface area contributed by atoms with Gasteiger partial charge in [-0.25, -0.2) is 9.78 Å². The summed E-state index contributed by atoms with van der Waals surface area (Å²) in [4.78, 5) is 36.4. The molecule has 1 atom stereocenters. The van der Waals surface area contributed by atoms with Gasteiger partial charge in [0.05, 0.1) is 5.56 Å². The van der Waals surface area contributed by atoms with Gasteiger partial charge in [-0.3, -0.25) is 4.79 Å². The van der Waals surface area contributed by atoms with E-state index in [1.54, 1.807) is 37.2 Å². The summed E-state index contributed by atoms with van der Waals surface area (Å²) in [5.41, 5.74) is 4.86. The van der Waals surface area contributed by atoms with Crippen molar-refractivity contribution < 1.29 is 19.2 Å². The van der Waals surface area contributed by atoms with Crippen LogP contribution in [0, 0.1) is 17.2 Å². The lowest BCUT2D eigenvalue weighted by Crippen LogP contribution is -2.49. The van der Waals surface area contributed by atoms with Crippen LogP contribution in [0.15, 0.2) is 23.5 Å². The summed E-state index contributed by atoms with van der Waals surface area (Å²) in [7, 11) is 0. The monoisotopic (exact) mass is 416 g/mol. The molecule has 162 valence electrons. The molecule has 1 aromatic rings. The molecule has 10 nitrogen and oxygen atoms in total. The van der Waals surface area contributed by atoms with Gasteiger partial charge in [-0.15, -0.1) is 0 Å². The van der Waals surface area contributed by atoms with Crippen LogP contribution >= 0.6 is 0 Å². The molecule has 2 heterocycles. The fourth-order valence-electron chi connectivity index (χ4n) is 3.30. The Morgan fingerprint density at radius 1 is 1.37 bits per heavy atom. The Balaban J connectivity index is 1.71. The van der Waals surface area contributed by atoms with Gasteiger partial charge in [0.1, 0.15) is 17.5 Å². The van der Waals surface area contributed by atoms with Crippen LogP contribution in [0.1, 0.15) is 32.8 Å². The van der Waals surface area contributed by atoms with Crippen molar-refractivity contribution in [3.8, 4) is 6.07 Å². The predicted molar refractivity (Wildman–Crippen MR) is 111 cm³/mol. The highest BCUT2D eigenvalue weighted by molar-refractivity contribution is 5.77. The first-order valence-electron chi connectivity index (χ1n) is 9.73. The molecule has 0 aromatic carbocycles. The van der Waals surface area contributed by atoms with Crippen molar-refractivity contribution in [1.29, 1.82) is 5.26 Å². The molecule has 1 fully saturated rings. The van der Waals surface area contributed by atoms with E-state index in [1.165, 1.54) is 0 Å². The smallest absolute Gasteiger partial charge is 0.405 e. The summed E-state index contributed by atoms with van der Waals surface area (Å²) < 4.78 is 5.04. The number of rotatable bonds is 8. The first-order chi connectivity index (χ1) is 14.2. The number of pyridine rings is 1. The van der Waals surface area contributed by atoms with Gasteiger partial charge in [-0.2, -0.15) is 5.26 Å². The summed E-state index contributed by atoms with van der Waals surface area (Å²) in [5.74, 6) is 0.627. The van der Waals surface area contributed by atoms with Crippen LogP contribution in [-0.2, 0) is 14.4 Å². The van der Waals surface area contributed by atoms with E-state index in [9.17, 15) is 9.59 Å². The number of carbonyl (C=O) groups excluding carboxylic acids is 2. The number of nitriles is 1. The van der Waals surface area contributed by atoms with Crippen LogP contribution in [0.4, 0.5) is 10.6 Å². The second-order valence-corrected chi connectivity index (χ2v) is 7.77. The van der Waals surface area contributed by atoms with E-state index in [0.29, 0.717) is 38.2 Å². The molecular weight excluding hydrogens is 388 g/mol. The quantitative estimate of drug-likeness (QED) is 0.501. The molecular formula is C20H28N6O4. The molecule has 0 radical (unpaired) electrons. The van der Waals surface area contributed by atoms with E-state index in [-0.39, 0.29) is 18.4 Å². The molecule has 2 N–H and O–H groups in total. The minimum Gasteiger partial charge on any atom is -0.444 e. The summed E-state index contributed by atoms with van der Waals surface area (Å²) >= 11 is 0. The number of primary amides is 1. The number of aromatic nitrogens is 1. The molecule has 2 amide bonds. The predicted octanol–water partition coefficient (Wildman–Crippen LogP) is 1.50. The van der Waals surface area contributed by atoms with Gasteiger partial charge >= 0.3 is 6.09 Å². The second-order valence-electron chi connectivity index (χ2n) is 7.77.